The summed E-state index contributed by atoms with van der Waals surface area (Å²) in [7, 11) is 0. The Balaban J connectivity index is 1.79. The molecule has 140 valence electrons. The van der Waals surface area contributed by atoms with Gasteiger partial charge in [-0.1, -0.05) is 48.0 Å². The van der Waals surface area contributed by atoms with Gasteiger partial charge in [-0.15, -0.1) is 0 Å². The fourth-order valence-electron chi connectivity index (χ4n) is 4.62. The zero-order valence-electron chi connectivity index (χ0n) is 15.9. The molecule has 1 aliphatic carbocycles. The molecule has 0 fully saturated rings. The molecule has 3 nitrogen and oxygen atoms in total. The number of hydrogen-bond acceptors (Lipinski definition) is 3. The van der Waals surface area contributed by atoms with Gasteiger partial charge in [-0.25, -0.2) is 0 Å². The van der Waals surface area contributed by atoms with E-state index < -0.39 is 0 Å². The van der Waals surface area contributed by atoms with Crippen LogP contribution in [0, 0.1) is 5.41 Å². The summed E-state index contributed by atoms with van der Waals surface area (Å²) < 4.78 is 1.04. The predicted molar refractivity (Wildman–Crippen MR) is 117 cm³/mol. The number of allylic oxidation sites excluding steroid dienone is 1. The van der Waals surface area contributed by atoms with Crippen LogP contribution >= 0.6 is 15.9 Å². The number of ketones is 1. The van der Waals surface area contributed by atoms with Crippen LogP contribution in [-0.4, -0.2) is 10.8 Å². The summed E-state index contributed by atoms with van der Waals surface area (Å²) in [6.45, 7) is 4.38. The number of fused-ring (bicyclic) bond motifs is 4. The Labute approximate surface area is 173 Å². The quantitative estimate of drug-likeness (QED) is 0.489. The molecule has 0 radical (unpaired) electrons. The van der Waals surface area contributed by atoms with E-state index in [2.05, 4.69) is 70.4 Å². The lowest BCUT2D eigenvalue weighted by Crippen LogP contribution is -2.33. The largest absolute Gasteiger partial charge is 0.373 e. The zero-order valence-corrected chi connectivity index (χ0v) is 17.5. The third-order valence-electron chi connectivity index (χ3n) is 5.80. The number of aromatic nitrogens is 1. The molecule has 0 unspecified atom stereocenters. The Morgan fingerprint density at radius 2 is 1.86 bits per heavy atom. The highest BCUT2D eigenvalue weighted by Gasteiger charge is 2.40. The van der Waals surface area contributed by atoms with E-state index in [0.29, 0.717) is 6.42 Å². The van der Waals surface area contributed by atoms with Gasteiger partial charge in [0.25, 0.3) is 0 Å². The third kappa shape index (κ3) is 2.78. The minimum absolute atomic E-state index is 0.0425. The van der Waals surface area contributed by atoms with Gasteiger partial charge in [0.05, 0.1) is 11.6 Å². The maximum Gasteiger partial charge on any atom is 0.162 e. The highest BCUT2D eigenvalue weighted by atomic mass is 79.9. The molecule has 1 atom stereocenters. The van der Waals surface area contributed by atoms with E-state index >= 15 is 0 Å². The van der Waals surface area contributed by atoms with Gasteiger partial charge >= 0.3 is 0 Å². The maximum atomic E-state index is 13.3. The van der Waals surface area contributed by atoms with E-state index in [1.54, 1.807) is 0 Å². The number of anilines is 1. The lowest BCUT2D eigenvalue weighted by molar-refractivity contribution is -0.118. The highest BCUT2D eigenvalue weighted by molar-refractivity contribution is 9.10. The van der Waals surface area contributed by atoms with E-state index in [4.69, 9.17) is 0 Å². The highest BCUT2D eigenvalue weighted by Crippen LogP contribution is 2.51. The van der Waals surface area contributed by atoms with Crippen LogP contribution in [0.2, 0.25) is 0 Å². The van der Waals surface area contributed by atoms with Crippen LogP contribution in [0.4, 0.5) is 5.69 Å². The fraction of sp³-hybridized carbons (Fsp3) is 0.250. The summed E-state index contributed by atoms with van der Waals surface area (Å²) in [6, 6.07) is 16.4. The van der Waals surface area contributed by atoms with Gasteiger partial charge in [-0.05, 0) is 53.3 Å². The number of halogens is 1. The van der Waals surface area contributed by atoms with Crippen molar-refractivity contribution >= 4 is 43.9 Å². The molecule has 0 bridgehead atoms. The van der Waals surface area contributed by atoms with Gasteiger partial charge in [0.2, 0.25) is 0 Å². The second kappa shape index (κ2) is 6.28. The summed E-state index contributed by atoms with van der Waals surface area (Å²) in [5.74, 6) is 0.248. The third-order valence-corrected chi connectivity index (χ3v) is 6.33. The van der Waals surface area contributed by atoms with Crippen molar-refractivity contribution in [1.82, 2.24) is 4.98 Å². The van der Waals surface area contributed by atoms with Crippen LogP contribution in [0.3, 0.4) is 0 Å². The van der Waals surface area contributed by atoms with Crippen molar-refractivity contribution in [2.24, 2.45) is 5.41 Å². The Hall–Kier alpha value is -2.46. The Morgan fingerprint density at radius 3 is 2.64 bits per heavy atom. The second-order valence-corrected chi connectivity index (χ2v) is 9.44. The molecule has 1 aliphatic heterocycles. The van der Waals surface area contributed by atoms with Crippen LogP contribution in [0.1, 0.15) is 43.9 Å². The fourth-order valence-corrected chi connectivity index (χ4v) is 4.89. The summed E-state index contributed by atoms with van der Waals surface area (Å²) in [4.78, 5) is 17.8. The van der Waals surface area contributed by atoms with Crippen molar-refractivity contribution in [3.05, 3.63) is 75.9 Å². The standard InChI is InChI=1S/C24H21BrN2O/c1-24(2)12-17-21-16-4-3-11-26-18(16)9-10-19(21)27-23(22(17)20(28)13-24)14-5-7-15(25)8-6-14/h3-11,23,27H,12-13H2,1-2H3/t23-/m0/s1. The van der Waals surface area contributed by atoms with Gasteiger partial charge in [0, 0.05) is 39.3 Å². The topological polar surface area (TPSA) is 42.0 Å². The molecule has 3 aromatic rings. The van der Waals surface area contributed by atoms with Crippen LogP contribution < -0.4 is 5.32 Å². The summed E-state index contributed by atoms with van der Waals surface area (Å²) in [5.41, 5.74) is 6.37. The second-order valence-electron chi connectivity index (χ2n) is 8.52. The normalized spacial score (nSPS) is 20.5. The lowest BCUT2D eigenvalue weighted by Gasteiger charge is -2.40. The van der Waals surface area contributed by atoms with Crippen LogP contribution in [0.5, 0.6) is 0 Å². The molecule has 1 N–H and O–H groups in total. The monoisotopic (exact) mass is 432 g/mol. The first-order valence-corrected chi connectivity index (χ1v) is 10.4. The maximum absolute atomic E-state index is 13.3. The zero-order chi connectivity index (χ0) is 19.5. The molecule has 5 rings (SSSR count). The molecule has 4 heteroatoms. The summed E-state index contributed by atoms with van der Waals surface area (Å²) in [5, 5.41) is 4.77. The van der Waals surface area contributed by atoms with Crippen LogP contribution in [0.25, 0.3) is 16.5 Å². The van der Waals surface area contributed by atoms with Crippen LogP contribution in [-0.2, 0) is 4.79 Å². The van der Waals surface area contributed by atoms with Gasteiger partial charge < -0.3 is 5.32 Å². The first kappa shape index (κ1) is 17.6. The number of rotatable bonds is 1. The average Bonchev–Trinajstić information content (AvgIpc) is 2.66. The number of pyridine rings is 1. The van der Waals surface area contributed by atoms with Crippen LogP contribution in [0.15, 0.2) is 64.8 Å². The molecule has 0 saturated carbocycles. The molecule has 28 heavy (non-hydrogen) atoms. The Bertz CT molecular complexity index is 1140. The first-order chi connectivity index (χ1) is 13.4. The number of Topliss-reactive ketones (excluding diaryl/α,β-unsaturated/α-hetero) is 1. The smallest absolute Gasteiger partial charge is 0.162 e. The van der Waals surface area contributed by atoms with E-state index in [1.165, 1.54) is 5.57 Å². The van der Waals surface area contributed by atoms with E-state index in [0.717, 1.165) is 44.2 Å². The molecule has 2 heterocycles. The molecule has 1 aromatic heterocycles. The number of benzene rings is 2. The number of hydrogen-bond donors (Lipinski definition) is 1. The minimum Gasteiger partial charge on any atom is -0.373 e. The molecular weight excluding hydrogens is 412 g/mol. The predicted octanol–water partition coefficient (Wildman–Crippen LogP) is 6.31. The number of nitrogens with zero attached hydrogens (tertiary/aromatic N) is 1. The molecule has 0 amide bonds. The molecule has 2 aromatic carbocycles. The van der Waals surface area contributed by atoms with Crippen molar-refractivity contribution in [3.8, 4) is 0 Å². The number of carbonyl (C=O) groups excluding carboxylic acids is 1. The Morgan fingerprint density at radius 1 is 1.07 bits per heavy atom. The van der Waals surface area contributed by atoms with Gasteiger partial charge in [-0.3, -0.25) is 9.78 Å². The lowest BCUT2D eigenvalue weighted by atomic mass is 9.68. The van der Waals surface area contributed by atoms with Crippen molar-refractivity contribution < 1.29 is 4.79 Å². The van der Waals surface area contributed by atoms with Gasteiger partial charge in [0.15, 0.2) is 5.78 Å². The average molecular weight is 433 g/mol. The van der Waals surface area contributed by atoms with E-state index in [9.17, 15) is 4.79 Å². The molecule has 0 spiro atoms. The van der Waals surface area contributed by atoms with Crippen molar-refractivity contribution in [1.29, 1.82) is 0 Å². The summed E-state index contributed by atoms with van der Waals surface area (Å²) >= 11 is 3.51. The number of nitrogens with one attached hydrogen (secondary N) is 1. The number of carbonyl (C=O) groups is 1. The SMILES string of the molecule is CC1(C)CC(=O)C2=C(C1)c1c(ccc3ncccc13)N[C@H]2c1ccc(Br)cc1. The first-order valence-electron chi connectivity index (χ1n) is 9.59. The molecular formula is C24H21BrN2O. The van der Waals surface area contributed by atoms with Crippen molar-refractivity contribution in [3.63, 3.8) is 0 Å². The Kier molecular flexibility index (Phi) is 3.95. The molecule has 2 aliphatic rings. The van der Waals surface area contributed by atoms with Crippen molar-refractivity contribution in [2.45, 2.75) is 32.7 Å². The van der Waals surface area contributed by atoms with Gasteiger partial charge in [0.1, 0.15) is 0 Å². The van der Waals surface area contributed by atoms with E-state index in [1.807, 2.05) is 24.4 Å². The summed E-state index contributed by atoms with van der Waals surface area (Å²) in [6.07, 6.45) is 3.30. The molecule has 0 saturated heterocycles. The van der Waals surface area contributed by atoms with E-state index in [-0.39, 0.29) is 17.2 Å². The van der Waals surface area contributed by atoms with Crippen molar-refractivity contribution in [2.75, 3.05) is 5.32 Å². The minimum atomic E-state index is -0.117. The van der Waals surface area contributed by atoms with Gasteiger partial charge in [-0.2, -0.15) is 0 Å².